The van der Waals surface area contributed by atoms with Crippen LogP contribution in [0.3, 0.4) is 0 Å². The third-order valence-corrected chi connectivity index (χ3v) is 6.46. The highest BCUT2D eigenvalue weighted by molar-refractivity contribution is 7.89. The van der Waals surface area contributed by atoms with Gasteiger partial charge in [0.2, 0.25) is 10.0 Å². The molecule has 8 heteroatoms. The van der Waals surface area contributed by atoms with Crippen LogP contribution in [-0.4, -0.2) is 32.6 Å². The molecule has 2 aromatic rings. The summed E-state index contributed by atoms with van der Waals surface area (Å²) in [6, 6.07) is 12.4. The third-order valence-electron chi connectivity index (χ3n) is 4.58. The molecular formula is C21H27ClN2O4S. The quantitative estimate of drug-likeness (QED) is 0.504. The van der Waals surface area contributed by atoms with Crippen molar-refractivity contribution in [2.45, 2.75) is 38.0 Å². The summed E-state index contributed by atoms with van der Waals surface area (Å²) in [7, 11) is -3.91. The van der Waals surface area contributed by atoms with Crippen molar-refractivity contribution in [2.75, 3.05) is 18.4 Å². The molecule has 0 saturated carbocycles. The summed E-state index contributed by atoms with van der Waals surface area (Å²) in [6.07, 6.45) is 0.860. The van der Waals surface area contributed by atoms with Gasteiger partial charge in [-0.05, 0) is 30.0 Å². The van der Waals surface area contributed by atoms with Gasteiger partial charge < -0.3 is 10.4 Å². The molecule has 0 amide bonds. The van der Waals surface area contributed by atoms with Crippen LogP contribution in [0.25, 0.3) is 0 Å². The lowest BCUT2D eigenvalue weighted by Crippen LogP contribution is -2.28. The molecule has 0 aliphatic rings. The Morgan fingerprint density at radius 1 is 1.14 bits per heavy atom. The molecule has 0 radical (unpaired) electrons. The molecule has 0 aliphatic carbocycles. The minimum Gasteiger partial charge on any atom is -0.478 e. The van der Waals surface area contributed by atoms with Crippen molar-refractivity contribution in [1.29, 1.82) is 0 Å². The van der Waals surface area contributed by atoms with Crippen LogP contribution in [0.15, 0.2) is 47.4 Å². The van der Waals surface area contributed by atoms with Gasteiger partial charge in [-0.15, -0.1) is 0 Å². The Morgan fingerprint density at radius 3 is 2.34 bits per heavy atom. The number of hydrogen-bond donors (Lipinski definition) is 3. The number of anilines is 1. The second-order valence-corrected chi connectivity index (χ2v) is 9.42. The van der Waals surface area contributed by atoms with Gasteiger partial charge in [0.25, 0.3) is 0 Å². The highest BCUT2D eigenvalue weighted by Crippen LogP contribution is 2.30. The molecule has 2 rings (SSSR count). The predicted octanol–water partition coefficient (Wildman–Crippen LogP) is 4.58. The molecule has 1 unspecified atom stereocenters. The van der Waals surface area contributed by atoms with E-state index in [-0.39, 0.29) is 33.9 Å². The minimum absolute atomic E-state index is 0.0264. The molecule has 3 N–H and O–H groups in total. The van der Waals surface area contributed by atoms with E-state index in [1.165, 1.54) is 6.07 Å². The molecule has 0 fully saturated rings. The second kappa shape index (κ2) is 10.1. The van der Waals surface area contributed by atoms with Gasteiger partial charge in [-0.25, -0.2) is 17.9 Å². The van der Waals surface area contributed by atoms with Gasteiger partial charge >= 0.3 is 5.97 Å². The van der Waals surface area contributed by atoms with E-state index in [0.29, 0.717) is 12.2 Å². The molecule has 0 saturated heterocycles. The first-order valence-electron chi connectivity index (χ1n) is 9.51. The van der Waals surface area contributed by atoms with Crippen molar-refractivity contribution in [3.8, 4) is 0 Å². The zero-order valence-electron chi connectivity index (χ0n) is 16.8. The number of carboxylic acid groups (broad SMARTS) is 1. The summed E-state index contributed by atoms with van der Waals surface area (Å²) >= 11 is 6.22. The lowest BCUT2D eigenvalue weighted by molar-refractivity contribution is 0.0697. The minimum atomic E-state index is -3.91. The van der Waals surface area contributed by atoms with Gasteiger partial charge in [0.05, 0.1) is 16.3 Å². The fourth-order valence-corrected chi connectivity index (χ4v) is 4.66. The second-order valence-electron chi connectivity index (χ2n) is 7.28. The summed E-state index contributed by atoms with van der Waals surface area (Å²) in [5, 5.41) is 12.7. The largest absolute Gasteiger partial charge is 0.478 e. The third kappa shape index (κ3) is 6.19. The Morgan fingerprint density at radius 2 is 1.79 bits per heavy atom. The molecular weight excluding hydrogens is 412 g/mol. The number of carboxylic acids is 1. The van der Waals surface area contributed by atoms with Crippen LogP contribution < -0.4 is 10.0 Å². The summed E-state index contributed by atoms with van der Waals surface area (Å²) in [6.45, 7) is 6.53. The van der Waals surface area contributed by atoms with Crippen molar-refractivity contribution in [2.24, 2.45) is 5.92 Å². The standard InChI is InChI=1S/C21H27ClN2O4S/c1-4-15(16-8-6-5-7-9-16)13-23-19-11-18(22)20(10-17(19)21(25)26)29(27,28)24-12-14(2)3/h5-11,14-15,23-24H,4,12-13H2,1-3H3,(H,25,26). The molecule has 0 spiro atoms. The molecule has 0 aliphatic heterocycles. The number of nitrogens with one attached hydrogen (secondary N) is 2. The van der Waals surface area contributed by atoms with E-state index in [9.17, 15) is 18.3 Å². The van der Waals surface area contributed by atoms with Gasteiger partial charge in [0.1, 0.15) is 4.90 Å². The summed E-state index contributed by atoms with van der Waals surface area (Å²) in [5.41, 5.74) is 1.30. The number of aromatic carboxylic acids is 1. The van der Waals surface area contributed by atoms with Crippen LogP contribution in [-0.2, 0) is 10.0 Å². The Bertz CT molecular complexity index is 947. The zero-order valence-corrected chi connectivity index (χ0v) is 18.3. The van der Waals surface area contributed by atoms with Crippen molar-refractivity contribution < 1.29 is 18.3 Å². The summed E-state index contributed by atoms with van der Waals surface area (Å²) in [5.74, 6) is -0.947. The van der Waals surface area contributed by atoms with Crippen LogP contribution in [0.4, 0.5) is 5.69 Å². The molecule has 6 nitrogen and oxygen atoms in total. The summed E-state index contributed by atoms with van der Waals surface area (Å²) in [4.78, 5) is 11.5. The number of carbonyl (C=O) groups is 1. The monoisotopic (exact) mass is 438 g/mol. The fraction of sp³-hybridized carbons (Fsp3) is 0.381. The van der Waals surface area contributed by atoms with Crippen molar-refractivity contribution in [3.63, 3.8) is 0 Å². The van der Waals surface area contributed by atoms with E-state index in [1.54, 1.807) is 0 Å². The first kappa shape index (κ1) is 23.2. The average Bonchev–Trinajstić information content (AvgIpc) is 2.67. The Hall–Kier alpha value is -2.09. The maximum atomic E-state index is 12.5. The molecule has 1 atom stereocenters. The van der Waals surface area contributed by atoms with Gasteiger partial charge in [-0.3, -0.25) is 0 Å². The van der Waals surface area contributed by atoms with Crippen LogP contribution in [0, 0.1) is 5.92 Å². The van der Waals surface area contributed by atoms with Gasteiger partial charge in [-0.1, -0.05) is 62.7 Å². The zero-order chi connectivity index (χ0) is 21.6. The lowest BCUT2D eigenvalue weighted by atomic mass is 9.96. The van der Waals surface area contributed by atoms with E-state index >= 15 is 0 Å². The lowest BCUT2D eigenvalue weighted by Gasteiger charge is -2.19. The van der Waals surface area contributed by atoms with Gasteiger partial charge in [0, 0.05) is 19.0 Å². The predicted molar refractivity (Wildman–Crippen MR) is 116 cm³/mol. The first-order chi connectivity index (χ1) is 13.7. The average molecular weight is 439 g/mol. The highest BCUT2D eigenvalue weighted by Gasteiger charge is 2.23. The van der Waals surface area contributed by atoms with Crippen molar-refractivity contribution >= 4 is 33.3 Å². The van der Waals surface area contributed by atoms with Crippen LogP contribution in [0.5, 0.6) is 0 Å². The highest BCUT2D eigenvalue weighted by atomic mass is 35.5. The topological polar surface area (TPSA) is 95.5 Å². The molecule has 0 aromatic heterocycles. The van der Waals surface area contributed by atoms with Gasteiger partial charge in [-0.2, -0.15) is 0 Å². The Labute approximate surface area is 177 Å². The van der Waals surface area contributed by atoms with Crippen molar-refractivity contribution in [3.05, 3.63) is 58.6 Å². The number of rotatable bonds is 10. The van der Waals surface area contributed by atoms with Crippen LogP contribution in [0.1, 0.15) is 49.0 Å². The normalized spacial score (nSPS) is 12.7. The first-order valence-corrected chi connectivity index (χ1v) is 11.4. The van der Waals surface area contributed by atoms with Crippen LogP contribution >= 0.6 is 11.6 Å². The number of halogens is 1. The Kier molecular flexibility index (Phi) is 8.07. The van der Waals surface area contributed by atoms with Crippen LogP contribution in [0.2, 0.25) is 5.02 Å². The van der Waals surface area contributed by atoms with E-state index in [4.69, 9.17) is 11.6 Å². The Balaban J connectivity index is 2.31. The summed E-state index contributed by atoms with van der Waals surface area (Å²) < 4.78 is 27.5. The van der Waals surface area contributed by atoms with Crippen molar-refractivity contribution in [1.82, 2.24) is 4.72 Å². The molecule has 0 heterocycles. The number of hydrogen-bond acceptors (Lipinski definition) is 4. The smallest absolute Gasteiger partial charge is 0.337 e. The maximum Gasteiger partial charge on any atom is 0.337 e. The maximum absolute atomic E-state index is 12.5. The van der Waals surface area contributed by atoms with E-state index in [0.717, 1.165) is 18.1 Å². The van der Waals surface area contributed by atoms with E-state index in [2.05, 4.69) is 17.0 Å². The number of sulfonamides is 1. The molecule has 158 valence electrons. The number of benzene rings is 2. The van der Waals surface area contributed by atoms with Gasteiger partial charge in [0.15, 0.2) is 0 Å². The fourth-order valence-electron chi connectivity index (χ4n) is 2.89. The van der Waals surface area contributed by atoms with E-state index < -0.39 is 16.0 Å². The van der Waals surface area contributed by atoms with E-state index in [1.807, 2.05) is 44.2 Å². The molecule has 2 aromatic carbocycles. The molecule has 29 heavy (non-hydrogen) atoms. The molecule has 0 bridgehead atoms. The SMILES string of the molecule is CCC(CNc1cc(Cl)c(S(=O)(=O)NCC(C)C)cc1C(=O)O)c1ccccc1.